The van der Waals surface area contributed by atoms with Gasteiger partial charge in [-0.25, -0.2) is 4.98 Å². The summed E-state index contributed by atoms with van der Waals surface area (Å²) < 4.78 is 37.6. The number of benzene rings is 1. The van der Waals surface area contributed by atoms with Gasteiger partial charge in [0, 0.05) is 18.4 Å². The molecule has 1 aromatic carbocycles. The van der Waals surface area contributed by atoms with Crippen molar-refractivity contribution in [3.05, 3.63) is 63.7 Å². The Bertz CT molecular complexity index is 1050. The summed E-state index contributed by atoms with van der Waals surface area (Å²) in [7, 11) is 0. The van der Waals surface area contributed by atoms with Crippen LogP contribution in [0.25, 0.3) is 6.08 Å². The molecule has 0 radical (unpaired) electrons. The van der Waals surface area contributed by atoms with Gasteiger partial charge in [-0.05, 0) is 23.8 Å². The van der Waals surface area contributed by atoms with E-state index >= 15 is 0 Å². The van der Waals surface area contributed by atoms with Crippen LogP contribution < -0.4 is 5.32 Å². The summed E-state index contributed by atoms with van der Waals surface area (Å²) in [6.07, 6.45) is -0.485. The van der Waals surface area contributed by atoms with E-state index in [4.69, 9.17) is 0 Å². The van der Waals surface area contributed by atoms with Crippen LogP contribution in [0.1, 0.15) is 33.5 Å². The number of hydrogen-bond donors (Lipinski definition) is 1. The van der Waals surface area contributed by atoms with Gasteiger partial charge < -0.3 is 5.32 Å². The average Bonchev–Trinajstić information content (AvgIpc) is 3.30. The van der Waals surface area contributed by atoms with Gasteiger partial charge in [0.2, 0.25) is 5.91 Å². The number of aromatic nitrogens is 4. The lowest BCUT2D eigenvalue weighted by Crippen LogP contribution is -2.09. The summed E-state index contributed by atoms with van der Waals surface area (Å²) >= 11 is 1.30. The first-order valence-corrected chi connectivity index (χ1v) is 9.10. The fourth-order valence-corrected chi connectivity index (χ4v) is 3.03. The molecule has 3 rings (SSSR count). The molecule has 150 valence electrons. The lowest BCUT2D eigenvalue weighted by Gasteiger charge is -2.05. The third-order valence-corrected chi connectivity index (χ3v) is 4.48. The number of nitrogens with one attached hydrogen (secondary N) is 1. The number of carbonyl (C=O) groups excluding carboxylic acids is 2. The molecule has 7 nitrogen and oxygen atoms in total. The van der Waals surface area contributed by atoms with E-state index in [1.165, 1.54) is 53.5 Å². The minimum Gasteiger partial charge on any atom is -0.304 e. The smallest absolute Gasteiger partial charge is 0.304 e. The molecule has 2 aromatic heterocycles. The predicted molar refractivity (Wildman–Crippen MR) is 100 cm³/mol. The Morgan fingerprint density at radius 2 is 1.97 bits per heavy atom. The van der Waals surface area contributed by atoms with Gasteiger partial charge in [-0.3, -0.25) is 9.59 Å². The molecule has 29 heavy (non-hydrogen) atoms. The zero-order chi connectivity index (χ0) is 21.0. The van der Waals surface area contributed by atoms with Crippen LogP contribution in [-0.2, 0) is 17.5 Å². The van der Waals surface area contributed by atoms with Crippen LogP contribution >= 0.6 is 11.3 Å². The summed E-state index contributed by atoms with van der Waals surface area (Å²) in [5.41, 5.74) is 0.0623. The number of hydrogen-bond acceptors (Lipinski definition) is 6. The van der Waals surface area contributed by atoms with Crippen LogP contribution in [0, 0.1) is 0 Å². The molecule has 0 aliphatic heterocycles. The summed E-state index contributed by atoms with van der Waals surface area (Å²) in [4.78, 5) is 28.7. The Kier molecular flexibility index (Phi) is 5.87. The Balaban J connectivity index is 1.57. The molecule has 0 aliphatic carbocycles. The SMILES string of the molecule is CC(=O)c1csc(Cn2ncc(NC(=O)C=Cc3ccc(C(F)(F)F)cc3)n2)n1. The summed E-state index contributed by atoms with van der Waals surface area (Å²) in [5, 5.41) is 12.9. The van der Waals surface area contributed by atoms with Crippen LogP contribution in [0.3, 0.4) is 0 Å². The number of thiazole rings is 1. The van der Waals surface area contributed by atoms with Crippen LogP contribution in [0.15, 0.2) is 41.9 Å². The van der Waals surface area contributed by atoms with E-state index in [2.05, 4.69) is 20.5 Å². The predicted octanol–water partition coefficient (Wildman–Crippen LogP) is 3.66. The van der Waals surface area contributed by atoms with E-state index < -0.39 is 17.6 Å². The molecular formula is C18H14F3N5O2S. The summed E-state index contributed by atoms with van der Waals surface area (Å²) in [6, 6.07) is 4.43. The van der Waals surface area contributed by atoms with Crippen molar-refractivity contribution in [3.8, 4) is 0 Å². The lowest BCUT2D eigenvalue weighted by molar-refractivity contribution is -0.137. The van der Waals surface area contributed by atoms with Gasteiger partial charge in [0.25, 0.3) is 0 Å². The third-order valence-electron chi connectivity index (χ3n) is 3.64. The van der Waals surface area contributed by atoms with Gasteiger partial charge in [-0.1, -0.05) is 12.1 Å². The number of anilines is 1. The second-order valence-corrected chi connectivity index (χ2v) is 6.83. The number of nitrogens with zero attached hydrogens (tertiary/aromatic N) is 4. The quantitative estimate of drug-likeness (QED) is 0.485. The topological polar surface area (TPSA) is 89.8 Å². The number of Topliss-reactive ketones (excluding diaryl/α,β-unsaturated/α-hetero) is 1. The van der Waals surface area contributed by atoms with Crippen molar-refractivity contribution in [1.82, 2.24) is 20.0 Å². The lowest BCUT2D eigenvalue weighted by atomic mass is 10.1. The number of ketones is 1. The van der Waals surface area contributed by atoms with E-state index in [0.717, 1.165) is 12.1 Å². The van der Waals surface area contributed by atoms with Gasteiger partial charge in [-0.15, -0.1) is 16.4 Å². The maximum absolute atomic E-state index is 12.5. The van der Waals surface area contributed by atoms with E-state index in [9.17, 15) is 22.8 Å². The van der Waals surface area contributed by atoms with Crippen molar-refractivity contribution in [2.24, 2.45) is 0 Å². The Morgan fingerprint density at radius 1 is 1.24 bits per heavy atom. The van der Waals surface area contributed by atoms with Crippen molar-refractivity contribution in [1.29, 1.82) is 0 Å². The molecule has 2 heterocycles. The first kappa shape index (κ1) is 20.4. The van der Waals surface area contributed by atoms with E-state index in [-0.39, 0.29) is 18.1 Å². The molecular weight excluding hydrogens is 407 g/mol. The fourth-order valence-electron chi connectivity index (χ4n) is 2.22. The van der Waals surface area contributed by atoms with Crippen molar-refractivity contribution < 1.29 is 22.8 Å². The number of halogens is 3. The van der Waals surface area contributed by atoms with E-state index in [1.807, 2.05) is 0 Å². The van der Waals surface area contributed by atoms with E-state index in [0.29, 0.717) is 16.3 Å². The number of carbonyl (C=O) groups is 2. The standard InChI is InChI=1S/C18H14F3N5O2S/c1-11(27)14-10-29-17(23-14)9-26-22-8-15(25-26)24-16(28)7-4-12-2-5-13(6-3-12)18(19,20)21/h2-8,10H,9H2,1H3,(H,24,25,28). The van der Waals surface area contributed by atoms with Crippen LogP contribution in [0.4, 0.5) is 19.0 Å². The largest absolute Gasteiger partial charge is 0.416 e. The molecule has 0 bridgehead atoms. The molecule has 0 saturated heterocycles. The van der Waals surface area contributed by atoms with Crippen molar-refractivity contribution >= 4 is 34.9 Å². The molecule has 1 amide bonds. The highest BCUT2D eigenvalue weighted by Crippen LogP contribution is 2.29. The van der Waals surface area contributed by atoms with Crippen molar-refractivity contribution in [2.45, 2.75) is 19.6 Å². The summed E-state index contributed by atoms with van der Waals surface area (Å²) in [6.45, 7) is 1.67. The molecule has 0 aliphatic rings. The maximum Gasteiger partial charge on any atom is 0.416 e. The molecule has 0 unspecified atom stereocenters. The third kappa shape index (κ3) is 5.57. The van der Waals surface area contributed by atoms with Crippen LogP contribution in [0.5, 0.6) is 0 Å². The molecule has 0 spiro atoms. The second kappa shape index (κ2) is 8.35. The van der Waals surface area contributed by atoms with Crippen LogP contribution in [-0.4, -0.2) is 31.7 Å². The molecule has 0 fully saturated rings. The molecule has 0 saturated carbocycles. The van der Waals surface area contributed by atoms with Gasteiger partial charge in [-0.2, -0.15) is 23.1 Å². The normalized spacial score (nSPS) is 11.7. The van der Waals surface area contributed by atoms with Crippen molar-refractivity contribution in [3.63, 3.8) is 0 Å². The highest BCUT2D eigenvalue weighted by Gasteiger charge is 2.29. The van der Waals surface area contributed by atoms with Crippen LogP contribution in [0.2, 0.25) is 0 Å². The van der Waals surface area contributed by atoms with Gasteiger partial charge in [0.05, 0.1) is 11.8 Å². The first-order chi connectivity index (χ1) is 13.7. The number of alkyl halides is 3. The molecule has 3 aromatic rings. The van der Waals surface area contributed by atoms with Gasteiger partial charge in [0.15, 0.2) is 11.6 Å². The molecule has 11 heteroatoms. The number of rotatable bonds is 6. The highest BCUT2D eigenvalue weighted by molar-refractivity contribution is 7.09. The number of amides is 1. The maximum atomic E-state index is 12.5. The molecule has 1 N–H and O–H groups in total. The first-order valence-electron chi connectivity index (χ1n) is 8.22. The van der Waals surface area contributed by atoms with Crippen molar-refractivity contribution in [2.75, 3.05) is 5.32 Å². The average molecular weight is 421 g/mol. The zero-order valence-corrected chi connectivity index (χ0v) is 15.8. The minimum absolute atomic E-state index is 0.131. The second-order valence-electron chi connectivity index (χ2n) is 5.89. The summed E-state index contributed by atoms with van der Waals surface area (Å²) in [5.74, 6) is -0.436. The zero-order valence-electron chi connectivity index (χ0n) is 15.0. The molecule has 0 atom stereocenters. The Morgan fingerprint density at radius 3 is 2.59 bits per heavy atom. The Hall–Kier alpha value is -3.34. The van der Waals surface area contributed by atoms with Gasteiger partial charge in [0.1, 0.15) is 17.2 Å². The van der Waals surface area contributed by atoms with E-state index in [1.54, 1.807) is 5.38 Å². The Labute approximate surface area is 166 Å². The van der Waals surface area contributed by atoms with Gasteiger partial charge >= 0.3 is 6.18 Å². The monoisotopic (exact) mass is 421 g/mol. The highest BCUT2D eigenvalue weighted by atomic mass is 32.1. The minimum atomic E-state index is -4.41. The fraction of sp³-hybridized carbons (Fsp3) is 0.167.